The number of aliphatic hydroxyl groups is 1. The fourth-order valence-corrected chi connectivity index (χ4v) is 6.34. The first-order valence-electron chi connectivity index (χ1n) is 13.2. The van der Waals surface area contributed by atoms with Crippen LogP contribution in [0.5, 0.6) is 5.75 Å². The van der Waals surface area contributed by atoms with Crippen molar-refractivity contribution in [3.05, 3.63) is 57.6 Å². The lowest BCUT2D eigenvalue weighted by molar-refractivity contribution is -0.160. The second kappa shape index (κ2) is 9.16. The molecule has 0 radical (unpaired) electrons. The molecule has 3 aliphatic heterocycles. The maximum atomic E-state index is 11.9. The zero-order chi connectivity index (χ0) is 24.9. The van der Waals surface area contributed by atoms with Crippen molar-refractivity contribution >= 4 is 11.7 Å². The number of anilines is 1. The smallest absolute Gasteiger partial charge is 0.308 e. The fourth-order valence-electron chi connectivity index (χ4n) is 6.34. The fraction of sp³-hybridized carbons (Fsp3) is 0.567. The normalized spacial score (nSPS) is 23.1. The number of ether oxygens (including phenoxy) is 2. The second-order valence-electron chi connectivity index (χ2n) is 11.6. The van der Waals surface area contributed by atoms with Gasteiger partial charge in [0.25, 0.3) is 0 Å². The number of carbonyl (C=O) groups excluding carboxylic acids is 1. The summed E-state index contributed by atoms with van der Waals surface area (Å²) in [6, 6.07) is 8.80. The first-order chi connectivity index (χ1) is 16.6. The Morgan fingerprint density at radius 2 is 1.94 bits per heavy atom. The van der Waals surface area contributed by atoms with E-state index in [-0.39, 0.29) is 24.1 Å². The molecule has 5 rings (SSSR count). The van der Waals surface area contributed by atoms with Gasteiger partial charge in [0.05, 0.1) is 12.5 Å². The van der Waals surface area contributed by atoms with Crippen molar-refractivity contribution in [3.63, 3.8) is 0 Å². The molecular weight excluding hydrogens is 438 g/mol. The van der Waals surface area contributed by atoms with Gasteiger partial charge in [-0.3, -0.25) is 4.79 Å². The SMILES string of the molecule is Cc1c2c(c(CC[C@H]3C[C@H](O)CC(=O)O3)c(C(C)C)c1N1CCc3ccccc3C1)OC(C)(C)C2. The first-order valence-corrected chi connectivity index (χ1v) is 13.2. The van der Waals surface area contributed by atoms with Gasteiger partial charge in [-0.15, -0.1) is 0 Å². The number of cyclic esters (lactones) is 1. The van der Waals surface area contributed by atoms with Gasteiger partial charge in [0, 0.05) is 42.7 Å². The summed E-state index contributed by atoms with van der Waals surface area (Å²) in [6.45, 7) is 13.1. The highest BCUT2D eigenvalue weighted by Gasteiger charge is 2.38. The van der Waals surface area contributed by atoms with E-state index in [2.05, 4.69) is 63.8 Å². The van der Waals surface area contributed by atoms with Crippen LogP contribution in [0.25, 0.3) is 0 Å². The molecule has 2 aromatic rings. The summed E-state index contributed by atoms with van der Waals surface area (Å²) in [5.74, 6) is 1.07. The Balaban J connectivity index is 1.57. The van der Waals surface area contributed by atoms with Gasteiger partial charge in [-0.05, 0) is 68.2 Å². The molecule has 3 aliphatic rings. The summed E-state index contributed by atoms with van der Waals surface area (Å²) in [4.78, 5) is 14.5. The lowest BCUT2D eigenvalue weighted by Gasteiger charge is -2.36. The van der Waals surface area contributed by atoms with Gasteiger partial charge in [0.2, 0.25) is 0 Å². The Hall–Kier alpha value is -2.53. The summed E-state index contributed by atoms with van der Waals surface area (Å²) in [5, 5.41) is 10.1. The van der Waals surface area contributed by atoms with E-state index in [1.807, 2.05) is 0 Å². The predicted octanol–water partition coefficient (Wildman–Crippen LogP) is 5.39. The van der Waals surface area contributed by atoms with E-state index in [0.29, 0.717) is 18.8 Å². The van der Waals surface area contributed by atoms with E-state index in [1.165, 1.54) is 39.1 Å². The van der Waals surface area contributed by atoms with Gasteiger partial charge >= 0.3 is 5.97 Å². The van der Waals surface area contributed by atoms with E-state index in [4.69, 9.17) is 9.47 Å². The van der Waals surface area contributed by atoms with Crippen molar-refractivity contribution in [1.29, 1.82) is 0 Å². The quantitative estimate of drug-likeness (QED) is 0.585. The van der Waals surface area contributed by atoms with Crippen molar-refractivity contribution in [1.82, 2.24) is 0 Å². The number of benzene rings is 2. The van der Waals surface area contributed by atoms with E-state index >= 15 is 0 Å². The number of hydrogen-bond acceptors (Lipinski definition) is 5. The van der Waals surface area contributed by atoms with Crippen LogP contribution in [0.15, 0.2) is 24.3 Å². The third kappa shape index (κ3) is 4.67. The van der Waals surface area contributed by atoms with Crippen molar-refractivity contribution in [2.45, 2.75) is 103 Å². The lowest BCUT2D eigenvalue weighted by Crippen LogP contribution is -2.33. The van der Waals surface area contributed by atoms with Crippen LogP contribution < -0.4 is 9.64 Å². The van der Waals surface area contributed by atoms with E-state index < -0.39 is 6.10 Å². The Labute approximate surface area is 209 Å². The monoisotopic (exact) mass is 477 g/mol. The van der Waals surface area contributed by atoms with Gasteiger partial charge in [-0.1, -0.05) is 38.1 Å². The van der Waals surface area contributed by atoms with Gasteiger partial charge in [-0.2, -0.15) is 0 Å². The van der Waals surface area contributed by atoms with Crippen LogP contribution in [-0.4, -0.2) is 35.4 Å². The number of nitrogens with zero attached hydrogens (tertiary/aromatic N) is 1. The zero-order valence-corrected chi connectivity index (χ0v) is 21.8. The average molecular weight is 478 g/mol. The molecule has 0 aliphatic carbocycles. The Morgan fingerprint density at radius 3 is 2.66 bits per heavy atom. The molecule has 0 spiro atoms. The molecule has 2 aromatic carbocycles. The maximum Gasteiger partial charge on any atom is 0.308 e. The second-order valence-corrected chi connectivity index (χ2v) is 11.6. The Morgan fingerprint density at radius 1 is 1.20 bits per heavy atom. The molecule has 0 bridgehead atoms. The Kier molecular flexibility index (Phi) is 6.33. The topological polar surface area (TPSA) is 59.0 Å². The summed E-state index contributed by atoms with van der Waals surface area (Å²) in [6.07, 6.45) is 3.19. The molecule has 2 atom stereocenters. The average Bonchev–Trinajstić information content (AvgIpc) is 3.12. The van der Waals surface area contributed by atoms with Crippen molar-refractivity contribution in [2.75, 3.05) is 11.4 Å². The molecule has 3 heterocycles. The maximum absolute atomic E-state index is 11.9. The van der Waals surface area contributed by atoms with E-state index in [0.717, 1.165) is 38.1 Å². The van der Waals surface area contributed by atoms with Crippen LogP contribution in [0.1, 0.15) is 86.3 Å². The van der Waals surface area contributed by atoms with Gasteiger partial charge < -0.3 is 19.5 Å². The van der Waals surface area contributed by atoms with Crippen LogP contribution in [0.2, 0.25) is 0 Å². The predicted molar refractivity (Wildman–Crippen MR) is 138 cm³/mol. The molecule has 35 heavy (non-hydrogen) atoms. The van der Waals surface area contributed by atoms with Gasteiger partial charge in [0.15, 0.2) is 0 Å². The van der Waals surface area contributed by atoms with E-state index in [9.17, 15) is 9.90 Å². The van der Waals surface area contributed by atoms with Crippen LogP contribution >= 0.6 is 0 Å². The van der Waals surface area contributed by atoms with Crippen molar-refractivity contribution in [2.24, 2.45) is 0 Å². The number of fused-ring (bicyclic) bond motifs is 2. The minimum Gasteiger partial charge on any atom is -0.487 e. The number of hydrogen-bond donors (Lipinski definition) is 1. The molecule has 0 aromatic heterocycles. The largest absolute Gasteiger partial charge is 0.487 e. The number of carbonyl (C=O) groups is 1. The molecule has 5 heteroatoms. The molecule has 1 saturated heterocycles. The number of rotatable bonds is 5. The Bertz CT molecular complexity index is 1140. The zero-order valence-electron chi connectivity index (χ0n) is 21.8. The third-order valence-corrected chi connectivity index (χ3v) is 7.89. The summed E-state index contributed by atoms with van der Waals surface area (Å²) < 4.78 is 12.2. The van der Waals surface area contributed by atoms with Crippen LogP contribution in [0.4, 0.5) is 5.69 Å². The molecule has 5 nitrogen and oxygen atoms in total. The van der Waals surface area contributed by atoms with Gasteiger partial charge in [-0.25, -0.2) is 0 Å². The standard InChI is InChI=1S/C30H39NO4/c1-18(2)27-24(11-10-23-14-22(32)15-26(33)34-23)29-25(16-30(4,5)35-29)19(3)28(27)31-13-12-20-8-6-7-9-21(20)17-31/h6-9,18,22-23,32H,10-17H2,1-5H3/t22-,23-/m0/s1. The van der Waals surface area contributed by atoms with Crippen LogP contribution in [0, 0.1) is 6.92 Å². The molecule has 1 fully saturated rings. The highest BCUT2D eigenvalue weighted by atomic mass is 16.5. The van der Waals surface area contributed by atoms with E-state index in [1.54, 1.807) is 0 Å². The number of aliphatic hydroxyl groups excluding tert-OH is 1. The van der Waals surface area contributed by atoms with Crippen molar-refractivity contribution in [3.8, 4) is 5.75 Å². The van der Waals surface area contributed by atoms with Crippen LogP contribution in [-0.2, 0) is 35.3 Å². The molecule has 1 N–H and O–H groups in total. The first kappa shape index (κ1) is 24.2. The van der Waals surface area contributed by atoms with Crippen LogP contribution in [0.3, 0.4) is 0 Å². The van der Waals surface area contributed by atoms with Crippen molar-refractivity contribution < 1.29 is 19.4 Å². The third-order valence-electron chi connectivity index (χ3n) is 7.89. The number of esters is 1. The highest BCUT2D eigenvalue weighted by Crippen LogP contribution is 2.49. The lowest BCUT2D eigenvalue weighted by atomic mass is 9.84. The minimum absolute atomic E-state index is 0.103. The molecule has 0 saturated carbocycles. The summed E-state index contributed by atoms with van der Waals surface area (Å²) >= 11 is 0. The molecule has 0 amide bonds. The molecular formula is C30H39NO4. The highest BCUT2D eigenvalue weighted by molar-refractivity contribution is 5.72. The minimum atomic E-state index is -0.603. The molecule has 0 unspecified atom stereocenters. The molecule has 188 valence electrons. The van der Waals surface area contributed by atoms with Gasteiger partial charge in [0.1, 0.15) is 17.5 Å². The summed E-state index contributed by atoms with van der Waals surface area (Å²) in [5.41, 5.74) is 9.28. The summed E-state index contributed by atoms with van der Waals surface area (Å²) in [7, 11) is 0.